The lowest BCUT2D eigenvalue weighted by atomic mass is 10.0. The van der Waals surface area contributed by atoms with Crippen molar-refractivity contribution in [2.24, 2.45) is 0 Å². The van der Waals surface area contributed by atoms with Crippen LogP contribution < -0.4 is 10.6 Å². The number of rotatable bonds is 6. The zero-order chi connectivity index (χ0) is 15.8. The highest BCUT2D eigenvalue weighted by molar-refractivity contribution is 5.83. The van der Waals surface area contributed by atoms with Gasteiger partial charge in [-0.25, -0.2) is 0 Å². The molecule has 0 saturated heterocycles. The summed E-state index contributed by atoms with van der Waals surface area (Å²) in [4.78, 5) is 34.1. The lowest BCUT2D eigenvalue weighted by Crippen LogP contribution is -2.35. The molecule has 2 amide bonds. The van der Waals surface area contributed by atoms with E-state index in [1.807, 2.05) is 31.2 Å². The summed E-state index contributed by atoms with van der Waals surface area (Å²) in [7, 11) is 1.25. The van der Waals surface area contributed by atoms with Gasteiger partial charge in [0, 0.05) is 6.92 Å². The number of carbonyl (C=O) groups is 3. The van der Waals surface area contributed by atoms with Gasteiger partial charge in [0.15, 0.2) is 0 Å². The molecule has 114 valence electrons. The summed E-state index contributed by atoms with van der Waals surface area (Å²) in [6, 6.07) is 7.13. The molecule has 6 nitrogen and oxygen atoms in total. The van der Waals surface area contributed by atoms with Crippen LogP contribution in [0.5, 0.6) is 0 Å². The van der Waals surface area contributed by atoms with Crippen molar-refractivity contribution in [1.82, 2.24) is 10.6 Å². The SMILES string of the molecule is COC(=O)CNC(=O)CC(NC(C)=O)c1ccc(C)cc1. The normalized spacial score (nSPS) is 11.4. The third-order valence-corrected chi connectivity index (χ3v) is 2.90. The average Bonchev–Trinajstić information content (AvgIpc) is 2.44. The number of amides is 2. The van der Waals surface area contributed by atoms with Gasteiger partial charge in [0.25, 0.3) is 0 Å². The van der Waals surface area contributed by atoms with Crippen molar-refractivity contribution < 1.29 is 19.1 Å². The van der Waals surface area contributed by atoms with E-state index in [-0.39, 0.29) is 24.8 Å². The van der Waals surface area contributed by atoms with Crippen molar-refractivity contribution in [3.05, 3.63) is 35.4 Å². The van der Waals surface area contributed by atoms with Crippen molar-refractivity contribution in [3.8, 4) is 0 Å². The average molecular weight is 292 g/mol. The largest absolute Gasteiger partial charge is 0.468 e. The number of hydrogen-bond acceptors (Lipinski definition) is 4. The predicted octanol–water partition coefficient (Wildman–Crippen LogP) is 0.852. The van der Waals surface area contributed by atoms with Crippen LogP contribution in [0.4, 0.5) is 0 Å². The minimum absolute atomic E-state index is 0.0552. The van der Waals surface area contributed by atoms with Crippen LogP contribution in [-0.4, -0.2) is 31.4 Å². The molecular weight excluding hydrogens is 272 g/mol. The molecule has 1 aromatic carbocycles. The lowest BCUT2D eigenvalue weighted by molar-refractivity contribution is -0.141. The maximum Gasteiger partial charge on any atom is 0.325 e. The van der Waals surface area contributed by atoms with Gasteiger partial charge in [-0.15, -0.1) is 0 Å². The van der Waals surface area contributed by atoms with E-state index in [1.54, 1.807) is 0 Å². The number of ether oxygens (including phenoxy) is 1. The van der Waals surface area contributed by atoms with Crippen molar-refractivity contribution >= 4 is 17.8 Å². The molecule has 1 unspecified atom stereocenters. The molecule has 0 aromatic heterocycles. The Kier molecular flexibility index (Phi) is 6.39. The van der Waals surface area contributed by atoms with Gasteiger partial charge in [-0.2, -0.15) is 0 Å². The van der Waals surface area contributed by atoms with E-state index in [1.165, 1.54) is 14.0 Å². The van der Waals surface area contributed by atoms with Crippen LogP contribution in [0, 0.1) is 6.92 Å². The van der Waals surface area contributed by atoms with Crippen LogP contribution in [0.25, 0.3) is 0 Å². The molecule has 0 aliphatic carbocycles. The van der Waals surface area contributed by atoms with Gasteiger partial charge in [0.05, 0.1) is 19.6 Å². The molecule has 2 N–H and O–H groups in total. The molecule has 1 rings (SSSR count). The molecule has 0 heterocycles. The van der Waals surface area contributed by atoms with Gasteiger partial charge in [0.1, 0.15) is 6.54 Å². The van der Waals surface area contributed by atoms with Gasteiger partial charge in [0.2, 0.25) is 11.8 Å². The second kappa shape index (κ2) is 8.04. The van der Waals surface area contributed by atoms with Crippen LogP contribution >= 0.6 is 0 Å². The number of methoxy groups -OCH3 is 1. The zero-order valence-electron chi connectivity index (χ0n) is 12.4. The quantitative estimate of drug-likeness (QED) is 0.761. The third-order valence-electron chi connectivity index (χ3n) is 2.90. The van der Waals surface area contributed by atoms with Gasteiger partial charge in [-0.1, -0.05) is 29.8 Å². The van der Waals surface area contributed by atoms with E-state index >= 15 is 0 Å². The van der Waals surface area contributed by atoms with Crippen LogP contribution in [-0.2, 0) is 19.1 Å². The minimum Gasteiger partial charge on any atom is -0.468 e. The molecule has 0 spiro atoms. The standard InChI is InChI=1S/C15H20N2O4/c1-10-4-6-12(7-5-10)13(17-11(2)18)8-14(19)16-9-15(20)21-3/h4-7,13H,8-9H2,1-3H3,(H,16,19)(H,17,18). The lowest BCUT2D eigenvalue weighted by Gasteiger charge is -2.18. The fraction of sp³-hybridized carbons (Fsp3) is 0.400. The fourth-order valence-electron chi connectivity index (χ4n) is 1.80. The van der Waals surface area contributed by atoms with Crippen molar-refractivity contribution in [2.45, 2.75) is 26.3 Å². The molecular formula is C15H20N2O4. The highest BCUT2D eigenvalue weighted by atomic mass is 16.5. The smallest absolute Gasteiger partial charge is 0.325 e. The molecule has 1 aromatic rings. The van der Waals surface area contributed by atoms with E-state index in [0.29, 0.717) is 0 Å². The topological polar surface area (TPSA) is 84.5 Å². The summed E-state index contributed by atoms with van der Waals surface area (Å²) in [6.45, 7) is 3.17. The van der Waals surface area contributed by atoms with E-state index in [9.17, 15) is 14.4 Å². The Morgan fingerprint density at radius 2 is 1.81 bits per heavy atom. The molecule has 21 heavy (non-hydrogen) atoms. The number of aryl methyl sites for hydroxylation is 1. The van der Waals surface area contributed by atoms with Crippen molar-refractivity contribution in [3.63, 3.8) is 0 Å². The first-order chi connectivity index (χ1) is 9.92. The molecule has 0 bridgehead atoms. The van der Waals surface area contributed by atoms with Gasteiger partial charge < -0.3 is 15.4 Å². The maximum atomic E-state index is 11.8. The van der Waals surface area contributed by atoms with Gasteiger partial charge >= 0.3 is 5.97 Å². The molecule has 1 atom stereocenters. The predicted molar refractivity (Wildman–Crippen MR) is 77.4 cm³/mol. The second-order valence-electron chi connectivity index (χ2n) is 4.72. The van der Waals surface area contributed by atoms with Gasteiger partial charge in [-0.3, -0.25) is 14.4 Å². The Morgan fingerprint density at radius 3 is 2.33 bits per heavy atom. The number of esters is 1. The zero-order valence-corrected chi connectivity index (χ0v) is 12.4. The molecule has 6 heteroatoms. The van der Waals surface area contributed by atoms with Crippen LogP contribution in [0.1, 0.15) is 30.5 Å². The Morgan fingerprint density at radius 1 is 1.19 bits per heavy atom. The van der Waals surface area contributed by atoms with Crippen LogP contribution in [0.2, 0.25) is 0 Å². The third kappa shape index (κ3) is 6.07. The highest BCUT2D eigenvalue weighted by Crippen LogP contribution is 2.17. The van der Waals surface area contributed by atoms with Crippen LogP contribution in [0.3, 0.4) is 0 Å². The molecule has 0 radical (unpaired) electrons. The summed E-state index contributed by atoms with van der Waals surface area (Å²) < 4.78 is 4.44. The monoisotopic (exact) mass is 292 g/mol. The minimum atomic E-state index is -0.519. The number of carbonyl (C=O) groups excluding carboxylic acids is 3. The summed E-state index contributed by atoms with van der Waals surface area (Å²) in [5, 5.41) is 5.19. The van der Waals surface area contributed by atoms with E-state index in [2.05, 4.69) is 15.4 Å². The fourth-order valence-corrected chi connectivity index (χ4v) is 1.80. The summed E-state index contributed by atoms with van der Waals surface area (Å²) in [5.41, 5.74) is 1.93. The Hall–Kier alpha value is -2.37. The summed E-state index contributed by atoms with van der Waals surface area (Å²) in [5.74, 6) is -1.07. The Labute approximate surface area is 123 Å². The van der Waals surface area contributed by atoms with E-state index < -0.39 is 12.0 Å². The first-order valence-corrected chi connectivity index (χ1v) is 6.59. The highest BCUT2D eigenvalue weighted by Gasteiger charge is 2.17. The van der Waals surface area contributed by atoms with Crippen molar-refractivity contribution in [1.29, 1.82) is 0 Å². The Balaban J connectivity index is 2.70. The number of benzene rings is 1. The summed E-state index contributed by atoms with van der Waals surface area (Å²) >= 11 is 0. The number of hydrogen-bond donors (Lipinski definition) is 2. The molecule has 0 aliphatic heterocycles. The van der Waals surface area contributed by atoms with E-state index in [4.69, 9.17) is 0 Å². The second-order valence-corrected chi connectivity index (χ2v) is 4.72. The molecule has 0 saturated carbocycles. The summed E-state index contributed by atoms with van der Waals surface area (Å²) in [6.07, 6.45) is 0.0552. The Bertz CT molecular complexity index is 511. The van der Waals surface area contributed by atoms with Gasteiger partial charge in [-0.05, 0) is 12.5 Å². The first-order valence-electron chi connectivity index (χ1n) is 6.59. The molecule has 0 aliphatic rings. The number of nitrogens with one attached hydrogen (secondary N) is 2. The maximum absolute atomic E-state index is 11.8. The molecule has 0 fully saturated rings. The van der Waals surface area contributed by atoms with Crippen LogP contribution in [0.15, 0.2) is 24.3 Å². The van der Waals surface area contributed by atoms with E-state index in [0.717, 1.165) is 11.1 Å². The van der Waals surface area contributed by atoms with Crippen molar-refractivity contribution in [2.75, 3.05) is 13.7 Å². The first kappa shape index (κ1) is 16.7.